The van der Waals surface area contributed by atoms with Crippen LogP contribution in [0.1, 0.15) is 23.2 Å². The normalized spacial score (nSPS) is 13.6. The SMILES string of the molecule is O=C(Nc1c(-c2ccccc2)ncnc1N1CCCC1)c1cccc(Cl)c1. The van der Waals surface area contributed by atoms with Gasteiger partial charge in [-0.3, -0.25) is 4.79 Å². The minimum Gasteiger partial charge on any atom is -0.355 e. The Bertz CT molecular complexity index is 955. The predicted molar refractivity (Wildman–Crippen MR) is 108 cm³/mol. The molecule has 1 aromatic heterocycles. The summed E-state index contributed by atoms with van der Waals surface area (Å²) in [5, 5.41) is 3.56. The van der Waals surface area contributed by atoms with Gasteiger partial charge < -0.3 is 10.2 Å². The van der Waals surface area contributed by atoms with Gasteiger partial charge in [0.15, 0.2) is 5.82 Å². The van der Waals surface area contributed by atoms with Gasteiger partial charge in [0.2, 0.25) is 0 Å². The third-order valence-electron chi connectivity index (χ3n) is 4.61. The van der Waals surface area contributed by atoms with Crippen molar-refractivity contribution in [1.82, 2.24) is 9.97 Å². The van der Waals surface area contributed by atoms with Crippen molar-refractivity contribution in [3.05, 3.63) is 71.5 Å². The molecule has 0 aliphatic carbocycles. The minimum absolute atomic E-state index is 0.232. The van der Waals surface area contributed by atoms with Crippen LogP contribution in [-0.4, -0.2) is 29.0 Å². The highest BCUT2D eigenvalue weighted by Crippen LogP contribution is 2.34. The minimum atomic E-state index is -0.232. The zero-order valence-electron chi connectivity index (χ0n) is 14.7. The van der Waals surface area contributed by atoms with Crippen molar-refractivity contribution in [1.29, 1.82) is 0 Å². The van der Waals surface area contributed by atoms with Gasteiger partial charge in [-0.2, -0.15) is 0 Å². The number of rotatable bonds is 4. The summed E-state index contributed by atoms with van der Waals surface area (Å²) < 4.78 is 0. The highest BCUT2D eigenvalue weighted by atomic mass is 35.5. The molecule has 3 aromatic rings. The highest BCUT2D eigenvalue weighted by molar-refractivity contribution is 6.31. The summed E-state index contributed by atoms with van der Waals surface area (Å²) >= 11 is 6.04. The van der Waals surface area contributed by atoms with E-state index in [4.69, 9.17) is 11.6 Å². The van der Waals surface area contributed by atoms with Crippen LogP contribution in [0.25, 0.3) is 11.3 Å². The highest BCUT2D eigenvalue weighted by Gasteiger charge is 2.22. The first-order valence-electron chi connectivity index (χ1n) is 8.94. The molecule has 0 bridgehead atoms. The number of aromatic nitrogens is 2. The standard InChI is InChI=1S/C21H19ClN4O/c22-17-10-6-9-16(13-17)21(27)25-19-18(15-7-2-1-3-8-15)23-14-24-20(19)26-11-4-5-12-26/h1-3,6-10,13-14H,4-5,11-12H2,(H,25,27). The van der Waals surface area contributed by atoms with Crippen LogP contribution in [0.15, 0.2) is 60.9 Å². The fraction of sp³-hybridized carbons (Fsp3) is 0.190. The summed E-state index contributed by atoms with van der Waals surface area (Å²) in [6.45, 7) is 1.84. The topological polar surface area (TPSA) is 58.1 Å². The van der Waals surface area contributed by atoms with Crippen LogP contribution in [0.3, 0.4) is 0 Å². The fourth-order valence-electron chi connectivity index (χ4n) is 3.29. The number of amides is 1. The molecule has 0 saturated carbocycles. The van der Waals surface area contributed by atoms with Gasteiger partial charge in [-0.1, -0.05) is 48.0 Å². The molecule has 136 valence electrons. The van der Waals surface area contributed by atoms with Gasteiger partial charge in [-0.05, 0) is 31.0 Å². The maximum atomic E-state index is 12.9. The predicted octanol–water partition coefficient (Wildman–Crippen LogP) is 4.65. The summed E-state index contributed by atoms with van der Waals surface area (Å²) in [6.07, 6.45) is 3.80. The Labute approximate surface area is 163 Å². The Hall–Kier alpha value is -2.92. The van der Waals surface area contributed by atoms with Crippen molar-refractivity contribution in [2.45, 2.75) is 12.8 Å². The Balaban J connectivity index is 1.77. The smallest absolute Gasteiger partial charge is 0.255 e. The summed E-state index contributed by atoms with van der Waals surface area (Å²) in [5.41, 5.74) is 2.78. The van der Waals surface area contributed by atoms with Crippen molar-refractivity contribution >= 4 is 29.0 Å². The lowest BCUT2D eigenvalue weighted by molar-refractivity contribution is 0.102. The summed E-state index contributed by atoms with van der Waals surface area (Å²) in [4.78, 5) is 24.0. The molecule has 0 atom stereocenters. The Morgan fingerprint density at radius 2 is 1.78 bits per heavy atom. The molecular formula is C21H19ClN4O. The van der Waals surface area contributed by atoms with Gasteiger partial charge in [0.25, 0.3) is 5.91 Å². The summed E-state index contributed by atoms with van der Waals surface area (Å²) in [5.74, 6) is 0.529. The molecule has 5 nitrogen and oxygen atoms in total. The molecule has 1 amide bonds. The van der Waals surface area contributed by atoms with Crippen LogP contribution in [0, 0.1) is 0 Å². The first kappa shape index (κ1) is 17.5. The van der Waals surface area contributed by atoms with Crippen molar-refractivity contribution in [2.75, 3.05) is 23.3 Å². The molecule has 1 aliphatic heterocycles. The molecule has 2 aromatic carbocycles. The van der Waals surface area contributed by atoms with Crippen molar-refractivity contribution in [2.24, 2.45) is 0 Å². The lowest BCUT2D eigenvalue weighted by Gasteiger charge is -2.22. The second-order valence-corrected chi connectivity index (χ2v) is 6.88. The molecule has 2 heterocycles. The van der Waals surface area contributed by atoms with E-state index in [0.717, 1.165) is 37.3 Å². The van der Waals surface area contributed by atoms with Crippen LogP contribution in [-0.2, 0) is 0 Å². The quantitative estimate of drug-likeness (QED) is 0.718. The average Bonchev–Trinajstić information content (AvgIpc) is 3.23. The number of carbonyl (C=O) groups excluding carboxylic acids is 1. The van der Waals surface area contributed by atoms with E-state index in [-0.39, 0.29) is 5.91 Å². The van der Waals surface area contributed by atoms with E-state index in [1.807, 2.05) is 30.3 Å². The lowest BCUT2D eigenvalue weighted by atomic mass is 10.1. The van der Waals surface area contributed by atoms with E-state index < -0.39 is 0 Å². The van der Waals surface area contributed by atoms with Crippen LogP contribution >= 0.6 is 11.6 Å². The molecule has 27 heavy (non-hydrogen) atoms. The second-order valence-electron chi connectivity index (χ2n) is 6.45. The maximum Gasteiger partial charge on any atom is 0.255 e. The number of hydrogen-bond donors (Lipinski definition) is 1. The number of anilines is 2. The van der Waals surface area contributed by atoms with E-state index in [0.29, 0.717) is 22.0 Å². The van der Waals surface area contributed by atoms with Crippen LogP contribution in [0.4, 0.5) is 11.5 Å². The van der Waals surface area contributed by atoms with E-state index in [1.54, 1.807) is 30.6 Å². The molecule has 1 aliphatic rings. The Morgan fingerprint density at radius 1 is 1.00 bits per heavy atom. The molecule has 1 N–H and O–H groups in total. The zero-order chi connectivity index (χ0) is 18.6. The van der Waals surface area contributed by atoms with Gasteiger partial charge in [-0.15, -0.1) is 0 Å². The third kappa shape index (κ3) is 3.78. The molecule has 1 fully saturated rings. The molecule has 1 saturated heterocycles. The van der Waals surface area contributed by atoms with E-state index in [2.05, 4.69) is 20.2 Å². The van der Waals surface area contributed by atoms with E-state index in [9.17, 15) is 4.79 Å². The van der Waals surface area contributed by atoms with Crippen molar-refractivity contribution < 1.29 is 4.79 Å². The molecule has 0 spiro atoms. The molecular weight excluding hydrogens is 360 g/mol. The average molecular weight is 379 g/mol. The van der Waals surface area contributed by atoms with E-state index in [1.165, 1.54) is 0 Å². The van der Waals surface area contributed by atoms with E-state index >= 15 is 0 Å². The number of halogens is 1. The lowest BCUT2D eigenvalue weighted by Crippen LogP contribution is -2.23. The summed E-state index contributed by atoms with van der Waals surface area (Å²) in [7, 11) is 0. The third-order valence-corrected chi connectivity index (χ3v) is 4.84. The van der Waals surface area contributed by atoms with Gasteiger partial charge >= 0.3 is 0 Å². The van der Waals surface area contributed by atoms with Crippen molar-refractivity contribution in [3.63, 3.8) is 0 Å². The molecule has 0 radical (unpaired) electrons. The zero-order valence-corrected chi connectivity index (χ0v) is 15.5. The number of hydrogen-bond acceptors (Lipinski definition) is 4. The number of nitrogens with zero attached hydrogens (tertiary/aromatic N) is 3. The number of carbonyl (C=O) groups is 1. The van der Waals surface area contributed by atoms with Gasteiger partial charge in [0.05, 0.1) is 5.69 Å². The largest absolute Gasteiger partial charge is 0.355 e. The van der Waals surface area contributed by atoms with Gasteiger partial charge in [0, 0.05) is 29.2 Å². The number of nitrogens with one attached hydrogen (secondary N) is 1. The van der Waals surface area contributed by atoms with Crippen LogP contribution < -0.4 is 10.2 Å². The Kier molecular flexibility index (Phi) is 5.03. The molecule has 4 rings (SSSR count). The summed E-state index contributed by atoms with van der Waals surface area (Å²) in [6, 6.07) is 16.7. The van der Waals surface area contributed by atoms with Gasteiger partial charge in [-0.25, -0.2) is 9.97 Å². The second kappa shape index (κ2) is 7.76. The monoisotopic (exact) mass is 378 g/mol. The number of benzene rings is 2. The van der Waals surface area contributed by atoms with Crippen molar-refractivity contribution in [3.8, 4) is 11.3 Å². The first-order valence-corrected chi connectivity index (χ1v) is 9.32. The first-order chi connectivity index (χ1) is 13.2. The molecule has 0 unspecified atom stereocenters. The Morgan fingerprint density at radius 3 is 2.52 bits per heavy atom. The fourth-order valence-corrected chi connectivity index (χ4v) is 3.48. The van der Waals surface area contributed by atoms with Crippen LogP contribution in [0.2, 0.25) is 5.02 Å². The van der Waals surface area contributed by atoms with Crippen LogP contribution in [0.5, 0.6) is 0 Å². The molecule has 6 heteroatoms. The van der Waals surface area contributed by atoms with Gasteiger partial charge in [0.1, 0.15) is 12.0 Å². The maximum absolute atomic E-state index is 12.9.